The van der Waals surface area contributed by atoms with Gasteiger partial charge < -0.3 is 20.7 Å². The molecule has 4 rings (SSSR count). The molecular formula is C26H28Cl2N4O2. The zero-order valence-electron chi connectivity index (χ0n) is 19.4. The summed E-state index contributed by atoms with van der Waals surface area (Å²) in [5.41, 5.74) is 9.16. The summed E-state index contributed by atoms with van der Waals surface area (Å²) in [6.45, 7) is 7.43. The molecule has 0 saturated carbocycles. The van der Waals surface area contributed by atoms with Crippen LogP contribution in [0.3, 0.4) is 0 Å². The molecule has 0 radical (unpaired) electrons. The molecule has 0 spiro atoms. The van der Waals surface area contributed by atoms with Gasteiger partial charge >= 0.3 is 0 Å². The number of aromatic nitrogens is 1. The maximum Gasteiger partial charge on any atom is 0.253 e. The molecule has 3 N–H and O–H groups in total. The molecule has 0 aliphatic carbocycles. The lowest BCUT2D eigenvalue weighted by molar-refractivity contribution is 0.0674. The summed E-state index contributed by atoms with van der Waals surface area (Å²) in [7, 11) is 0. The van der Waals surface area contributed by atoms with Gasteiger partial charge in [0.1, 0.15) is 6.10 Å². The second-order valence-electron chi connectivity index (χ2n) is 8.76. The molecule has 34 heavy (non-hydrogen) atoms. The van der Waals surface area contributed by atoms with E-state index >= 15 is 0 Å². The third-order valence-corrected chi connectivity index (χ3v) is 6.56. The van der Waals surface area contributed by atoms with Gasteiger partial charge in [0.15, 0.2) is 11.6 Å². The van der Waals surface area contributed by atoms with Crippen molar-refractivity contribution in [3.05, 3.63) is 75.9 Å². The minimum absolute atomic E-state index is 0.0386. The minimum atomic E-state index is -0.427. The summed E-state index contributed by atoms with van der Waals surface area (Å²) in [5.74, 6) is 0.745. The number of nitrogens with zero attached hydrogens (tertiary/aromatic N) is 2. The predicted octanol–water partition coefficient (Wildman–Crippen LogP) is 5.60. The minimum Gasteiger partial charge on any atom is -0.482 e. The molecule has 2 heterocycles. The van der Waals surface area contributed by atoms with Gasteiger partial charge in [-0.15, -0.1) is 0 Å². The normalized spacial score (nSPS) is 19.0. The number of benzene rings is 2. The Bertz CT molecular complexity index is 1160. The standard InChI is InChI=1S/C26H28Cl2N4O2/c1-15-13-32(14-16(2)31-15)26(33)19-9-7-18(8-10-19)20-11-23(25(29)30-12-20)34-17(3)24-21(27)5-4-6-22(24)28/h4-12,15-17,31H,13-14H2,1-3H3,(H2,29,30). The molecule has 178 valence electrons. The van der Waals surface area contributed by atoms with Gasteiger partial charge in [0.2, 0.25) is 0 Å². The molecular weight excluding hydrogens is 471 g/mol. The van der Waals surface area contributed by atoms with Crippen LogP contribution in [0.1, 0.15) is 42.8 Å². The number of nitrogen functional groups attached to an aromatic ring is 1. The number of anilines is 1. The topological polar surface area (TPSA) is 80.5 Å². The van der Waals surface area contributed by atoms with E-state index in [1.807, 2.05) is 42.2 Å². The van der Waals surface area contributed by atoms with Crippen molar-refractivity contribution in [3.8, 4) is 16.9 Å². The number of hydrogen-bond donors (Lipinski definition) is 2. The zero-order chi connectivity index (χ0) is 24.4. The van der Waals surface area contributed by atoms with Gasteiger partial charge in [0.05, 0.1) is 0 Å². The molecule has 3 atom stereocenters. The van der Waals surface area contributed by atoms with Gasteiger partial charge in [-0.2, -0.15) is 0 Å². The van der Waals surface area contributed by atoms with Crippen molar-refractivity contribution >= 4 is 34.9 Å². The first-order chi connectivity index (χ1) is 16.2. The Hall–Kier alpha value is -2.80. The molecule has 3 aromatic rings. The number of carbonyl (C=O) groups is 1. The number of ether oxygens (including phenoxy) is 1. The van der Waals surface area contributed by atoms with Gasteiger partial charge in [0.25, 0.3) is 5.91 Å². The SMILES string of the molecule is CC1CN(C(=O)c2ccc(-c3cnc(N)c(OC(C)c4c(Cl)cccc4Cl)c3)cc2)CC(C)N1. The highest BCUT2D eigenvalue weighted by Gasteiger charge is 2.25. The van der Waals surface area contributed by atoms with Crippen molar-refractivity contribution in [2.24, 2.45) is 0 Å². The van der Waals surface area contributed by atoms with Crippen molar-refractivity contribution in [1.29, 1.82) is 0 Å². The van der Waals surface area contributed by atoms with Crippen LogP contribution in [0.15, 0.2) is 54.7 Å². The second-order valence-corrected chi connectivity index (χ2v) is 9.57. The molecule has 1 aliphatic heterocycles. The van der Waals surface area contributed by atoms with E-state index in [0.717, 1.165) is 11.1 Å². The average molecular weight is 499 g/mol. The van der Waals surface area contributed by atoms with E-state index in [-0.39, 0.29) is 23.8 Å². The van der Waals surface area contributed by atoms with Gasteiger partial charge in [-0.1, -0.05) is 41.4 Å². The summed E-state index contributed by atoms with van der Waals surface area (Å²) < 4.78 is 6.09. The smallest absolute Gasteiger partial charge is 0.253 e. The van der Waals surface area contributed by atoms with Crippen LogP contribution in [0.4, 0.5) is 5.82 Å². The fraction of sp³-hybridized carbons (Fsp3) is 0.308. The molecule has 6 nitrogen and oxygen atoms in total. The number of nitrogens with one attached hydrogen (secondary N) is 1. The Kier molecular flexibility index (Phi) is 7.31. The van der Waals surface area contributed by atoms with Crippen molar-refractivity contribution < 1.29 is 9.53 Å². The van der Waals surface area contributed by atoms with E-state index in [2.05, 4.69) is 24.1 Å². The molecule has 0 bridgehead atoms. The number of hydrogen-bond acceptors (Lipinski definition) is 5. The highest BCUT2D eigenvalue weighted by molar-refractivity contribution is 6.36. The fourth-order valence-corrected chi connectivity index (χ4v) is 5.04. The third-order valence-electron chi connectivity index (χ3n) is 5.90. The summed E-state index contributed by atoms with van der Waals surface area (Å²) in [4.78, 5) is 19.2. The molecule has 1 aromatic heterocycles. The van der Waals surface area contributed by atoms with Gasteiger partial charge in [-0.25, -0.2) is 4.98 Å². The Morgan fingerprint density at radius 2 is 1.71 bits per heavy atom. The van der Waals surface area contributed by atoms with Crippen LogP contribution in [0.5, 0.6) is 5.75 Å². The van der Waals surface area contributed by atoms with E-state index in [0.29, 0.717) is 40.0 Å². The van der Waals surface area contributed by atoms with E-state index in [1.54, 1.807) is 24.4 Å². The van der Waals surface area contributed by atoms with Crippen LogP contribution in [-0.2, 0) is 0 Å². The first kappa shape index (κ1) is 24.3. The highest BCUT2D eigenvalue weighted by atomic mass is 35.5. The summed E-state index contributed by atoms with van der Waals surface area (Å²) in [6.07, 6.45) is 1.26. The lowest BCUT2D eigenvalue weighted by Crippen LogP contribution is -2.55. The molecule has 2 aromatic carbocycles. The first-order valence-corrected chi connectivity index (χ1v) is 12.0. The molecule has 8 heteroatoms. The summed E-state index contributed by atoms with van der Waals surface area (Å²) in [6, 6.07) is 15.2. The van der Waals surface area contributed by atoms with E-state index in [4.69, 9.17) is 33.7 Å². The van der Waals surface area contributed by atoms with Gasteiger partial charge in [-0.3, -0.25) is 4.79 Å². The number of pyridine rings is 1. The average Bonchev–Trinajstić information content (AvgIpc) is 2.79. The Morgan fingerprint density at radius 1 is 1.09 bits per heavy atom. The van der Waals surface area contributed by atoms with Crippen LogP contribution in [0.25, 0.3) is 11.1 Å². The Labute approximate surface area is 210 Å². The van der Waals surface area contributed by atoms with Crippen molar-refractivity contribution in [2.75, 3.05) is 18.8 Å². The van der Waals surface area contributed by atoms with Crippen molar-refractivity contribution in [1.82, 2.24) is 15.2 Å². The number of carbonyl (C=O) groups excluding carboxylic acids is 1. The molecule has 1 fully saturated rings. The predicted molar refractivity (Wildman–Crippen MR) is 138 cm³/mol. The summed E-state index contributed by atoms with van der Waals surface area (Å²) >= 11 is 12.6. The largest absolute Gasteiger partial charge is 0.482 e. The lowest BCUT2D eigenvalue weighted by Gasteiger charge is -2.36. The number of halogens is 2. The maximum atomic E-state index is 13.0. The van der Waals surface area contributed by atoms with E-state index in [9.17, 15) is 4.79 Å². The molecule has 3 unspecified atom stereocenters. The lowest BCUT2D eigenvalue weighted by atomic mass is 10.0. The van der Waals surface area contributed by atoms with Crippen molar-refractivity contribution in [2.45, 2.75) is 39.0 Å². The van der Waals surface area contributed by atoms with Gasteiger partial charge in [0, 0.05) is 58.1 Å². The Morgan fingerprint density at radius 3 is 2.32 bits per heavy atom. The first-order valence-electron chi connectivity index (χ1n) is 11.2. The molecule has 1 amide bonds. The number of nitrogens with two attached hydrogens (primary N) is 1. The third kappa shape index (κ3) is 5.30. The number of amides is 1. The molecule has 1 saturated heterocycles. The van der Waals surface area contributed by atoms with Gasteiger partial charge in [-0.05, 0) is 56.7 Å². The van der Waals surface area contributed by atoms with Crippen LogP contribution >= 0.6 is 23.2 Å². The maximum absolute atomic E-state index is 13.0. The monoisotopic (exact) mass is 498 g/mol. The fourth-order valence-electron chi connectivity index (χ4n) is 4.34. The Balaban J connectivity index is 1.53. The van der Waals surface area contributed by atoms with E-state index in [1.165, 1.54) is 0 Å². The molecule has 1 aliphatic rings. The summed E-state index contributed by atoms with van der Waals surface area (Å²) in [5, 5.41) is 4.50. The van der Waals surface area contributed by atoms with Crippen LogP contribution in [0, 0.1) is 0 Å². The zero-order valence-corrected chi connectivity index (χ0v) is 20.9. The van der Waals surface area contributed by atoms with Crippen LogP contribution in [0.2, 0.25) is 10.0 Å². The quantitative estimate of drug-likeness (QED) is 0.478. The number of piperazine rings is 1. The number of rotatable bonds is 5. The van der Waals surface area contributed by atoms with E-state index < -0.39 is 6.10 Å². The van der Waals surface area contributed by atoms with Crippen LogP contribution in [-0.4, -0.2) is 41.0 Å². The van der Waals surface area contributed by atoms with Crippen molar-refractivity contribution in [3.63, 3.8) is 0 Å². The highest BCUT2D eigenvalue weighted by Crippen LogP contribution is 2.35. The van der Waals surface area contributed by atoms with Crippen LogP contribution < -0.4 is 15.8 Å². The second kappa shape index (κ2) is 10.2.